The molecule has 0 aliphatic heterocycles. The number of nitrogens with one attached hydrogen (secondary N) is 1. The molecule has 0 aliphatic rings. The Kier molecular flexibility index (Phi) is 4.02. The van der Waals surface area contributed by atoms with Crippen molar-refractivity contribution in [1.29, 1.82) is 0 Å². The van der Waals surface area contributed by atoms with Crippen LogP contribution in [0.1, 0.15) is 10.4 Å². The predicted molar refractivity (Wildman–Crippen MR) is 71.7 cm³/mol. The number of ether oxygens (including phenoxy) is 1. The van der Waals surface area contributed by atoms with Gasteiger partial charge in [-0.15, -0.1) is 0 Å². The van der Waals surface area contributed by atoms with Crippen molar-refractivity contribution >= 4 is 17.3 Å². The molecule has 0 saturated carbocycles. The fourth-order valence-corrected chi connectivity index (χ4v) is 1.68. The Balaban J connectivity index is 2.30. The van der Waals surface area contributed by atoms with E-state index in [1.165, 1.54) is 25.3 Å². The fraction of sp³-hybridized carbons (Fsp3) is 0.0714. The molecule has 0 unspecified atom stereocenters. The lowest BCUT2D eigenvalue weighted by Gasteiger charge is -2.09. The molecule has 0 fully saturated rings. The van der Waals surface area contributed by atoms with E-state index in [9.17, 15) is 18.0 Å². The molecule has 0 bridgehead atoms. The first kappa shape index (κ1) is 14.7. The Morgan fingerprint density at radius 3 is 2.38 bits per heavy atom. The zero-order valence-electron chi connectivity index (χ0n) is 10.9. The van der Waals surface area contributed by atoms with Crippen molar-refractivity contribution in [3.8, 4) is 5.75 Å². The van der Waals surface area contributed by atoms with E-state index < -0.39 is 29.0 Å². The minimum Gasteiger partial charge on any atom is -0.497 e. The molecular weight excluding hydrogens is 285 g/mol. The highest BCUT2D eigenvalue weighted by atomic mass is 19.2. The summed E-state index contributed by atoms with van der Waals surface area (Å²) in [6.45, 7) is 0. The molecule has 0 radical (unpaired) electrons. The number of methoxy groups -OCH3 is 1. The highest BCUT2D eigenvalue weighted by Crippen LogP contribution is 2.22. The van der Waals surface area contributed by atoms with Crippen molar-refractivity contribution in [3.05, 3.63) is 53.3 Å². The molecule has 0 aliphatic carbocycles. The van der Waals surface area contributed by atoms with Crippen LogP contribution < -0.4 is 15.8 Å². The first-order chi connectivity index (χ1) is 9.90. The van der Waals surface area contributed by atoms with Gasteiger partial charge in [0.1, 0.15) is 11.6 Å². The number of carbonyl (C=O) groups excluding carboxylic acids is 1. The van der Waals surface area contributed by atoms with Gasteiger partial charge < -0.3 is 15.8 Å². The van der Waals surface area contributed by atoms with Gasteiger partial charge in [0.05, 0.1) is 12.8 Å². The molecule has 0 spiro atoms. The minimum absolute atomic E-state index is 0.0935. The summed E-state index contributed by atoms with van der Waals surface area (Å²) in [5, 5.41) is 2.14. The van der Waals surface area contributed by atoms with E-state index >= 15 is 0 Å². The maximum absolute atomic E-state index is 13.5. The third-order valence-corrected chi connectivity index (χ3v) is 2.68. The number of nitrogens with two attached hydrogens (primary N) is 1. The average molecular weight is 296 g/mol. The van der Waals surface area contributed by atoms with Crippen molar-refractivity contribution in [2.45, 2.75) is 0 Å². The largest absolute Gasteiger partial charge is 0.497 e. The second kappa shape index (κ2) is 5.74. The lowest BCUT2D eigenvalue weighted by Crippen LogP contribution is -2.14. The van der Waals surface area contributed by atoms with Crippen molar-refractivity contribution < 1.29 is 22.7 Å². The minimum atomic E-state index is -1.34. The number of amides is 1. The molecule has 0 atom stereocenters. The van der Waals surface area contributed by atoms with E-state index in [1.807, 2.05) is 0 Å². The molecule has 1 amide bonds. The van der Waals surface area contributed by atoms with Crippen LogP contribution in [0.4, 0.5) is 24.5 Å². The topological polar surface area (TPSA) is 64.3 Å². The van der Waals surface area contributed by atoms with Crippen molar-refractivity contribution in [3.63, 3.8) is 0 Å². The van der Waals surface area contributed by atoms with E-state index in [4.69, 9.17) is 10.5 Å². The third-order valence-electron chi connectivity index (χ3n) is 2.68. The monoisotopic (exact) mass is 296 g/mol. The number of anilines is 2. The Morgan fingerprint density at radius 2 is 1.71 bits per heavy atom. The molecule has 0 aromatic heterocycles. The molecule has 2 aromatic carbocycles. The molecule has 2 aromatic rings. The zero-order valence-corrected chi connectivity index (χ0v) is 10.9. The van der Waals surface area contributed by atoms with Gasteiger partial charge in [0.2, 0.25) is 0 Å². The van der Waals surface area contributed by atoms with Crippen LogP contribution in [-0.2, 0) is 0 Å². The molecule has 0 saturated heterocycles. The maximum atomic E-state index is 13.5. The van der Waals surface area contributed by atoms with E-state index in [0.717, 1.165) is 0 Å². The number of rotatable bonds is 3. The van der Waals surface area contributed by atoms with Crippen molar-refractivity contribution in [1.82, 2.24) is 0 Å². The first-order valence-electron chi connectivity index (χ1n) is 5.81. The van der Waals surface area contributed by atoms with Crippen LogP contribution >= 0.6 is 0 Å². The highest BCUT2D eigenvalue weighted by molar-refractivity contribution is 6.05. The number of halogens is 3. The molecule has 7 heteroatoms. The summed E-state index contributed by atoms with van der Waals surface area (Å²) >= 11 is 0. The Labute approximate surface area is 118 Å². The summed E-state index contributed by atoms with van der Waals surface area (Å²) < 4.78 is 44.3. The second-order valence-electron chi connectivity index (χ2n) is 4.20. The van der Waals surface area contributed by atoms with E-state index in [1.54, 1.807) is 0 Å². The van der Waals surface area contributed by atoms with Crippen molar-refractivity contribution in [2.24, 2.45) is 0 Å². The highest BCUT2D eigenvalue weighted by Gasteiger charge is 2.14. The van der Waals surface area contributed by atoms with E-state index in [0.29, 0.717) is 17.9 Å². The van der Waals surface area contributed by atoms with Gasteiger partial charge in [0.25, 0.3) is 5.91 Å². The summed E-state index contributed by atoms with van der Waals surface area (Å²) in [6, 6.07) is 5.13. The standard InChI is InChI=1S/C14H11F3N2O2/c1-21-9-3-7(2-8(18)4-9)14(20)19-13-6-11(16)10(15)5-12(13)17/h2-6H,18H2,1H3,(H,19,20). The molecule has 110 valence electrons. The number of hydrogen-bond acceptors (Lipinski definition) is 3. The number of carbonyl (C=O) groups is 1. The maximum Gasteiger partial charge on any atom is 0.255 e. The normalized spacial score (nSPS) is 10.3. The Morgan fingerprint density at radius 1 is 1.05 bits per heavy atom. The van der Waals surface area contributed by atoms with Crippen LogP contribution in [0, 0.1) is 17.5 Å². The predicted octanol–water partition coefficient (Wildman–Crippen LogP) is 2.95. The number of benzene rings is 2. The van der Waals surface area contributed by atoms with Crippen LogP contribution in [0.3, 0.4) is 0 Å². The van der Waals surface area contributed by atoms with Gasteiger partial charge in [-0.25, -0.2) is 13.2 Å². The summed E-state index contributed by atoms with van der Waals surface area (Å²) in [5.41, 5.74) is 5.49. The SMILES string of the molecule is COc1cc(N)cc(C(=O)Nc2cc(F)c(F)cc2F)c1. The molecule has 2 rings (SSSR count). The van der Waals surface area contributed by atoms with Crippen LogP contribution in [0.15, 0.2) is 30.3 Å². The first-order valence-corrected chi connectivity index (χ1v) is 5.81. The quantitative estimate of drug-likeness (QED) is 0.676. The molecular formula is C14H11F3N2O2. The van der Waals surface area contributed by atoms with Gasteiger partial charge in [-0.2, -0.15) is 0 Å². The van der Waals surface area contributed by atoms with Gasteiger partial charge in [-0.05, 0) is 12.1 Å². The Bertz CT molecular complexity index is 705. The molecule has 0 heterocycles. The van der Waals surface area contributed by atoms with Crippen LogP contribution in [0.5, 0.6) is 5.75 Å². The number of hydrogen-bond donors (Lipinski definition) is 2. The van der Waals surface area contributed by atoms with Gasteiger partial charge >= 0.3 is 0 Å². The van der Waals surface area contributed by atoms with Gasteiger partial charge in [-0.3, -0.25) is 4.79 Å². The summed E-state index contributed by atoms with van der Waals surface area (Å²) in [5.74, 6) is -4.08. The Hall–Kier alpha value is -2.70. The second-order valence-corrected chi connectivity index (χ2v) is 4.20. The lowest BCUT2D eigenvalue weighted by atomic mass is 10.1. The lowest BCUT2D eigenvalue weighted by molar-refractivity contribution is 0.102. The summed E-state index contributed by atoms with van der Waals surface area (Å²) in [7, 11) is 1.39. The van der Waals surface area contributed by atoms with Crippen LogP contribution in [-0.4, -0.2) is 13.0 Å². The van der Waals surface area contributed by atoms with Gasteiger partial charge in [0.15, 0.2) is 11.6 Å². The molecule has 21 heavy (non-hydrogen) atoms. The summed E-state index contributed by atoms with van der Waals surface area (Å²) in [4.78, 5) is 12.0. The third kappa shape index (κ3) is 3.25. The average Bonchev–Trinajstić information content (AvgIpc) is 2.43. The molecule has 4 nitrogen and oxygen atoms in total. The number of nitrogen functional groups attached to an aromatic ring is 1. The van der Waals surface area contributed by atoms with Crippen LogP contribution in [0.2, 0.25) is 0 Å². The van der Waals surface area contributed by atoms with E-state index in [-0.39, 0.29) is 11.3 Å². The van der Waals surface area contributed by atoms with Gasteiger partial charge in [-0.1, -0.05) is 0 Å². The van der Waals surface area contributed by atoms with Crippen molar-refractivity contribution in [2.75, 3.05) is 18.2 Å². The summed E-state index contributed by atoms with van der Waals surface area (Å²) in [6.07, 6.45) is 0. The molecule has 3 N–H and O–H groups in total. The zero-order chi connectivity index (χ0) is 15.6. The smallest absolute Gasteiger partial charge is 0.255 e. The van der Waals surface area contributed by atoms with E-state index in [2.05, 4.69) is 5.32 Å². The van der Waals surface area contributed by atoms with Gasteiger partial charge in [0, 0.05) is 29.4 Å². The fourth-order valence-electron chi connectivity index (χ4n) is 1.68. The van der Waals surface area contributed by atoms with Crippen LogP contribution in [0.25, 0.3) is 0 Å².